The predicted octanol–water partition coefficient (Wildman–Crippen LogP) is 3.40. The van der Waals surface area contributed by atoms with Crippen molar-refractivity contribution >= 4 is 17.6 Å². The Labute approximate surface area is 110 Å². The van der Waals surface area contributed by atoms with Crippen LogP contribution in [0.2, 0.25) is 5.02 Å². The van der Waals surface area contributed by atoms with E-state index in [-0.39, 0.29) is 17.9 Å². The molecule has 18 heavy (non-hydrogen) atoms. The van der Waals surface area contributed by atoms with Crippen molar-refractivity contribution in [1.29, 1.82) is 0 Å². The number of hydrogen-bond donors (Lipinski definition) is 1. The van der Waals surface area contributed by atoms with Gasteiger partial charge in [0, 0.05) is 5.02 Å². The second-order valence-corrected chi connectivity index (χ2v) is 4.16. The molecule has 0 aliphatic rings. The lowest BCUT2D eigenvalue weighted by Gasteiger charge is -2.06. The minimum Gasteiger partial charge on any atom is -0.507 e. The highest BCUT2D eigenvalue weighted by atomic mass is 35.5. The van der Waals surface area contributed by atoms with Gasteiger partial charge >= 0.3 is 5.97 Å². The molecular weight excluding hydrogens is 252 g/mol. The third-order valence-electron chi connectivity index (χ3n) is 2.41. The summed E-state index contributed by atoms with van der Waals surface area (Å²) < 4.78 is 5.09. The van der Waals surface area contributed by atoms with E-state index in [1.54, 1.807) is 36.4 Å². The molecule has 0 atom stereocenters. The summed E-state index contributed by atoms with van der Waals surface area (Å²) in [6.45, 7) is 0.143. The fourth-order valence-electron chi connectivity index (χ4n) is 1.45. The third kappa shape index (κ3) is 3.02. The molecule has 92 valence electrons. The minimum atomic E-state index is -0.553. The molecule has 3 nitrogen and oxygen atoms in total. The summed E-state index contributed by atoms with van der Waals surface area (Å²) in [4.78, 5) is 11.7. The molecule has 0 amide bonds. The quantitative estimate of drug-likeness (QED) is 0.863. The summed E-state index contributed by atoms with van der Waals surface area (Å²) in [5.74, 6) is -0.637. The molecule has 0 heterocycles. The number of esters is 1. The van der Waals surface area contributed by atoms with Gasteiger partial charge in [0.15, 0.2) is 0 Å². The second-order valence-electron chi connectivity index (χ2n) is 3.72. The van der Waals surface area contributed by atoms with Crippen LogP contribution >= 0.6 is 11.6 Å². The molecule has 2 aromatic carbocycles. The molecule has 0 spiro atoms. The first-order chi connectivity index (χ1) is 8.66. The first-order valence-electron chi connectivity index (χ1n) is 5.36. The van der Waals surface area contributed by atoms with Gasteiger partial charge in [-0.1, -0.05) is 35.9 Å². The number of phenolic OH excluding ortho intramolecular Hbond substituents is 1. The molecule has 0 bridgehead atoms. The van der Waals surface area contributed by atoms with Crippen LogP contribution in [-0.4, -0.2) is 11.1 Å². The molecule has 4 heteroatoms. The summed E-state index contributed by atoms with van der Waals surface area (Å²) in [5, 5.41) is 10.1. The molecule has 2 aromatic rings. The Balaban J connectivity index is 2.01. The minimum absolute atomic E-state index is 0.0846. The lowest BCUT2D eigenvalue weighted by atomic mass is 10.2. The number of carbonyl (C=O) groups excluding carboxylic acids is 1. The van der Waals surface area contributed by atoms with Gasteiger partial charge in [0.2, 0.25) is 0 Å². The SMILES string of the molecule is O=C(OCc1ccc(Cl)cc1)c1ccccc1O. The number of ether oxygens (including phenoxy) is 1. The summed E-state index contributed by atoms with van der Waals surface area (Å²) in [7, 11) is 0. The molecule has 0 aliphatic carbocycles. The van der Waals surface area contributed by atoms with Gasteiger partial charge in [-0.15, -0.1) is 0 Å². The average molecular weight is 263 g/mol. The molecule has 2 rings (SSSR count). The van der Waals surface area contributed by atoms with E-state index in [1.807, 2.05) is 0 Å². The molecule has 0 fully saturated rings. The molecule has 0 aromatic heterocycles. The predicted molar refractivity (Wildman–Crippen MR) is 68.7 cm³/mol. The van der Waals surface area contributed by atoms with Gasteiger partial charge in [-0.3, -0.25) is 0 Å². The average Bonchev–Trinajstić information content (AvgIpc) is 2.38. The summed E-state index contributed by atoms with van der Waals surface area (Å²) >= 11 is 5.75. The Morgan fingerprint density at radius 2 is 1.78 bits per heavy atom. The number of carbonyl (C=O) groups is 1. The van der Waals surface area contributed by atoms with Gasteiger partial charge in [0.25, 0.3) is 0 Å². The summed E-state index contributed by atoms with van der Waals surface area (Å²) in [6, 6.07) is 13.3. The van der Waals surface area contributed by atoms with Gasteiger partial charge in [-0.05, 0) is 29.8 Å². The lowest BCUT2D eigenvalue weighted by molar-refractivity contribution is 0.0469. The summed E-state index contributed by atoms with van der Waals surface area (Å²) in [6.07, 6.45) is 0. The number of aromatic hydroxyl groups is 1. The van der Waals surface area contributed by atoms with Crippen molar-refractivity contribution in [2.24, 2.45) is 0 Å². The van der Waals surface area contributed by atoms with Crippen LogP contribution < -0.4 is 0 Å². The van der Waals surface area contributed by atoms with Crippen LogP contribution in [0.1, 0.15) is 15.9 Å². The van der Waals surface area contributed by atoms with E-state index in [1.165, 1.54) is 12.1 Å². The van der Waals surface area contributed by atoms with E-state index in [2.05, 4.69) is 0 Å². The van der Waals surface area contributed by atoms with Gasteiger partial charge in [-0.2, -0.15) is 0 Å². The van der Waals surface area contributed by atoms with Crippen LogP contribution in [0.15, 0.2) is 48.5 Å². The molecule has 0 unspecified atom stereocenters. The van der Waals surface area contributed by atoms with Crippen molar-refractivity contribution in [2.75, 3.05) is 0 Å². The molecule has 0 radical (unpaired) electrons. The van der Waals surface area contributed by atoms with Gasteiger partial charge in [-0.25, -0.2) is 4.79 Å². The van der Waals surface area contributed by atoms with Gasteiger partial charge in [0.05, 0.1) is 0 Å². The topological polar surface area (TPSA) is 46.5 Å². The van der Waals surface area contributed by atoms with E-state index in [4.69, 9.17) is 16.3 Å². The van der Waals surface area contributed by atoms with Gasteiger partial charge < -0.3 is 9.84 Å². The highest BCUT2D eigenvalue weighted by Gasteiger charge is 2.11. The molecule has 1 N–H and O–H groups in total. The first kappa shape index (κ1) is 12.5. The van der Waals surface area contributed by atoms with Crippen molar-refractivity contribution in [3.05, 3.63) is 64.7 Å². The number of hydrogen-bond acceptors (Lipinski definition) is 3. The monoisotopic (exact) mass is 262 g/mol. The van der Waals surface area contributed by atoms with Gasteiger partial charge in [0.1, 0.15) is 17.9 Å². The van der Waals surface area contributed by atoms with Crippen molar-refractivity contribution in [3.8, 4) is 5.75 Å². The Hall–Kier alpha value is -2.00. The third-order valence-corrected chi connectivity index (χ3v) is 2.66. The maximum Gasteiger partial charge on any atom is 0.342 e. The number of halogens is 1. The van der Waals surface area contributed by atoms with E-state index in [9.17, 15) is 9.90 Å². The van der Waals surface area contributed by atoms with E-state index in [0.717, 1.165) is 5.56 Å². The van der Waals surface area contributed by atoms with E-state index < -0.39 is 5.97 Å². The maximum atomic E-state index is 11.7. The van der Waals surface area contributed by atoms with E-state index in [0.29, 0.717) is 5.02 Å². The largest absolute Gasteiger partial charge is 0.507 e. The molecule has 0 aliphatic heterocycles. The number of phenols is 1. The number of benzene rings is 2. The maximum absolute atomic E-state index is 11.7. The Morgan fingerprint density at radius 3 is 2.44 bits per heavy atom. The number of rotatable bonds is 3. The molecular formula is C14H11ClO3. The lowest BCUT2D eigenvalue weighted by Crippen LogP contribution is -2.05. The Morgan fingerprint density at radius 1 is 1.11 bits per heavy atom. The van der Waals surface area contributed by atoms with Crippen LogP contribution in [0.4, 0.5) is 0 Å². The van der Waals surface area contributed by atoms with Crippen LogP contribution in [0, 0.1) is 0 Å². The van der Waals surface area contributed by atoms with Crippen LogP contribution in [0.3, 0.4) is 0 Å². The first-order valence-corrected chi connectivity index (χ1v) is 5.74. The van der Waals surface area contributed by atoms with Crippen molar-refractivity contribution in [3.63, 3.8) is 0 Å². The second kappa shape index (κ2) is 5.56. The highest BCUT2D eigenvalue weighted by Crippen LogP contribution is 2.17. The number of para-hydroxylation sites is 1. The van der Waals surface area contributed by atoms with Crippen LogP contribution in [0.25, 0.3) is 0 Å². The molecule has 0 saturated heterocycles. The smallest absolute Gasteiger partial charge is 0.342 e. The zero-order valence-corrected chi connectivity index (χ0v) is 10.2. The Bertz CT molecular complexity index is 549. The standard InChI is InChI=1S/C14H11ClO3/c15-11-7-5-10(6-8-11)9-18-14(17)12-3-1-2-4-13(12)16/h1-8,16H,9H2. The van der Waals surface area contributed by atoms with Crippen molar-refractivity contribution in [1.82, 2.24) is 0 Å². The fraction of sp³-hybridized carbons (Fsp3) is 0.0714. The summed E-state index contributed by atoms with van der Waals surface area (Å²) in [5.41, 5.74) is 0.995. The van der Waals surface area contributed by atoms with Crippen LogP contribution in [0.5, 0.6) is 5.75 Å². The molecule has 0 saturated carbocycles. The van der Waals surface area contributed by atoms with Crippen molar-refractivity contribution < 1.29 is 14.6 Å². The zero-order valence-electron chi connectivity index (χ0n) is 9.47. The normalized spacial score (nSPS) is 10.1. The van der Waals surface area contributed by atoms with Crippen LogP contribution in [-0.2, 0) is 11.3 Å². The van der Waals surface area contributed by atoms with E-state index >= 15 is 0 Å². The highest BCUT2D eigenvalue weighted by molar-refractivity contribution is 6.30. The van der Waals surface area contributed by atoms with Crippen molar-refractivity contribution in [2.45, 2.75) is 6.61 Å². The zero-order chi connectivity index (χ0) is 13.0. The Kier molecular flexibility index (Phi) is 3.85. The fourth-order valence-corrected chi connectivity index (χ4v) is 1.58.